The second-order valence-electron chi connectivity index (χ2n) is 3.27. The Balaban J connectivity index is 2.65. The van der Waals surface area contributed by atoms with Crippen LogP contribution in [0.2, 0.25) is 0 Å². The highest BCUT2D eigenvalue weighted by molar-refractivity contribution is 5.79. The minimum absolute atomic E-state index is 0.394. The fourth-order valence-corrected chi connectivity index (χ4v) is 1.64. The fourth-order valence-electron chi connectivity index (χ4n) is 1.64. The topological polar surface area (TPSA) is 62.9 Å². The summed E-state index contributed by atoms with van der Waals surface area (Å²) in [7, 11) is 0. The van der Waals surface area contributed by atoms with Gasteiger partial charge in [-0.2, -0.15) is 0 Å². The number of rotatable bonds is 2. The Labute approximate surface area is 85.3 Å². The van der Waals surface area contributed by atoms with Crippen LogP contribution in [0.3, 0.4) is 0 Å². The molecule has 1 unspecified atom stereocenters. The Morgan fingerprint density at radius 2 is 2.43 bits per heavy atom. The van der Waals surface area contributed by atoms with Gasteiger partial charge in [0.25, 0.3) is 0 Å². The Morgan fingerprint density at radius 3 is 3.00 bits per heavy atom. The van der Waals surface area contributed by atoms with Crippen LogP contribution >= 0.6 is 0 Å². The molecule has 0 saturated carbocycles. The molecule has 1 aliphatic rings. The zero-order valence-electron chi connectivity index (χ0n) is 8.99. The molecule has 1 rings (SSSR count). The predicted octanol–water partition coefficient (Wildman–Crippen LogP) is -0.0636. The van der Waals surface area contributed by atoms with Crippen molar-refractivity contribution >= 4 is 5.96 Å². The molecule has 0 radical (unpaired) electrons. The molecule has 14 heavy (non-hydrogen) atoms. The van der Waals surface area contributed by atoms with E-state index in [1.807, 2.05) is 6.92 Å². The van der Waals surface area contributed by atoms with Crippen LogP contribution < -0.4 is 11.3 Å². The van der Waals surface area contributed by atoms with Gasteiger partial charge in [0.2, 0.25) is 5.96 Å². The summed E-state index contributed by atoms with van der Waals surface area (Å²) in [6, 6.07) is 0.394. The zero-order valence-corrected chi connectivity index (χ0v) is 8.99. The maximum atomic E-state index is 5.44. The first-order valence-corrected chi connectivity index (χ1v) is 5.18. The van der Waals surface area contributed by atoms with Crippen molar-refractivity contribution < 1.29 is 4.74 Å². The smallest absolute Gasteiger partial charge is 0.208 e. The molecule has 1 saturated heterocycles. The Kier molecular flexibility index (Phi) is 4.69. The van der Waals surface area contributed by atoms with Crippen molar-refractivity contribution in [2.24, 2.45) is 10.8 Å². The quantitative estimate of drug-likeness (QED) is 0.284. The van der Waals surface area contributed by atoms with Crippen LogP contribution in [-0.4, -0.2) is 43.2 Å². The van der Waals surface area contributed by atoms with Crippen LogP contribution in [0.15, 0.2) is 4.99 Å². The lowest BCUT2D eigenvalue weighted by Gasteiger charge is -2.36. The van der Waals surface area contributed by atoms with Crippen molar-refractivity contribution in [3.63, 3.8) is 0 Å². The van der Waals surface area contributed by atoms with E-state index < -0.39 is 0 Å². The van der Waals surface area contributed by atoms with Crippen LogP contribution in [0.1, 0.15) is 20.3 Å². The summed E-state index contributed by atoms with van der Waals surface area (Å²) in [5, 5.41) is 0. The van der Waals surface area contributed by atoms with Crippen molar-refractivity contribution in [2.45, 2.75) is 26.3 Å². The molecule has 1 aliphatic heterocycles. The lowest BCUT2D eigenvalue weighted by molar-refractivity contribution is 0.0235. The van der Waals surface area contributed by atoms with Crippen LogP contribution in [0.25, 0.3) is 0 Å². The standard InChI is InChI=1S/C9H20N4O/c1-3-8-7-14-6-5-13(8)9(12-10)11-4-2/h8H,3-7,10H2,1-2H3,(H,11,12). The van der Waals surface area contributed by atoms with Gasteiger partial charge in [0.05, 0.1) is 19.3 Å². The minimum atomic E-state index is 0.394. The number of nitrogens with one attached hydrogen (secondary N) is 1. The van der Waals surface area contributed by atoms with Gasteiger partial charge in [-0.15, -0.1) is 0 Å². The number of nitrogens with two attached hydrogens (primary N) is 1. The summed E-state index contributed by atoms with van der Waals surface area (Å²) >= 11 is 0. The van der Waals surface area contributed by atoms with Crippen molar-refractivity contribution in [3.05, 3.63) is 0 Å². The molecule has 0 spiro atoms. The van der Waals surface area contributed by atoms with Gasteiger partial charge in [0.15, 0.2) is 0 Å². The Bertz CT molecular complexity index is 195. The summed E-state index contributed by atoms with van der Waals surface area (Å²) in [5.41, 5.74) is 2.66. The number of hydrogen-bond donors (Lipinski definition) is 2. The highest BCUT2D eigenvalue weighted by Crippen LogP contribution is 2.09. The maximum Gasteiger partial charge on any atom is 0.208 e. The third-order valence-corrected chi connectivity index (χ3v) is 2.41. The lowest BCUT2D eigenvalue weighted by Crippen LogP contribution is -2.54. The first-order chi connectivity index (χ1) is 6.83. The van der Waals surface area contributed by atoms with E-state index in [9.17, 15) is 0 Å². The predicted molar refractivity (Wildman–Crippen MR) is 56.9 cm³/mol. The first-order valence-electron chi connectivity index (χ1n) is 5.18. The number of morpholine rings is 1. The van der Waals surface area contributed by atoms with Crippen molar-refractivity contribution in [1.82, 2.24) is 10.3 Å². The van der Waals surface area contributed by atoms with Gasteiger partial charge in [0.1, 0.15) is 0 Å². The molecule has 1 heterocycles. The third-order valence-electron chi connectivity index (χ3n) is 2.41. The largest absolute Gasteiger partial charge is 0.377 e. The SMILES string of the molecule is CCN=C(NN)N1CCOCC1CC. The fraction of sp³-hybridized carbons (Fsp3) is 0.889. The molecule has 0 bridgehead atoms. The highest BCUT2D eigenvalue weighted by Gasteiger charge is 2.23. The van der Waals surface area contributed by atoms with E-state index in [1.165, 1.54) is 0 Å². The number of nitrogens with zero attached hydrogens (tertiary/aromatic N) is 2. The van der Waals surface area contributed by atoms with E-state index in [0.717, 1.165) is 38.7 Å². The second kappa shape index (κ2) is 5.82. The molecular weight excluding hydrogens is 180 g/mol. The summed E-state index contributed by atoms with van der Waals surface area (Å²) < 4.78 is 5.41. The van der Waals surface area contributed by atoms with Gasteiger partial charge in [-0.25, -0.2) is 5.84 Å². The molecule has 0 amide bonds. The Morgan fingerprint density at radius 1 is 1.64 bits per heavy atom. The number of guanidine groups is 1. The molecule has 0 aromatic heterocycles. The molecule has 82 valence electrons. The molecule has 3 N–H and O–H groups in total. The summed E-state index contributed by atoms with van der Waals surface area (Å²) in [6.07, 6.45) is 1.05. The minimum Gasteiger partial charge on any atom is -0.377 e. The van der Waals surface area contributed by atoms with Gasteiger partial charge in [-0.3, -0.25) is 10.4 Å². The van der Waals surface area contributed by atoms with Crippen LogP contribution in [0.5, 0.6) is 0 Å². The van der Waals surface area contributed by atoms with E-state index in [2.05, 4.69) is 22.2 Å². The Hall–Kier alpha value is -0.810. The number of hydrazine groups is 1. The molecule has 5 heteroatoms. The third kappa shape index (κ3) is 2.59. The van der Waals surface area contributed by atoms with Gasteiger partial charge < -0.3 is 9.64 Å². The van der Waals surface area contributed by atoms with Crippen LogP contribution in [-0.2, 0) is 4.74 Å². The maximum absolute atomic E-state index is 5.44. The van der Waals surface area contributed by atoms with Crippen molar-refractivity contribution in [1.29, 1.82) is 0 Å². The van der Waals surface area contributed by atoms with Gasteiger partial charge in [-0.1, -0.05) is 6.92 Å². The molecule has 0 aromatic rings. The highest BCUT2D eigenvalue weighted by atomic mass is 16.5. The summed E-state index contributed by atoms with van der Waals surface area (Å²) in [5.74, 6) is 6.22. The summed E-state index contributed by atoms with van der Waals surface area (Å²) in [6.45, 7) is 7.27. The normalized spacial score (nSPS) is 23.8. The molecule has 1 fully saturated rings. The van der Waals surface area contributed by atoms with Gasteiger partial charge in [0, 0.05) is 13.1 Å². The van der Waals surface area contributed by atoms with Crippen molar-refractivity contribution in [3.8, 4) is 0 Å². The van der Waals surface area contributed by atoms with E-state index in [4.69, 9.17) is 10.6 Å². The molecule has 0 aromatic carbocycles. The average Bonchev–Trinajstić information content (AvgIpc) is 2.26. The van der Waals surface area contributed by atoms with E-state index in [1.54, 1.807) is 0 Å². The van der Waals surface area contributed by atoms with Crippen molar-refractivity contribution in [2.75, 3.05) is 26.3 Å². The van der Waals surface area contributed by atoms with E-state index in [0.29, 0.717) is 6.04 Å². The number of aliphatic imine (C=N–C) groups is 1. The lowest BCUT2D eigenvalue weighted by atomic mass is 10.2. The molecule has 0 aliphatic carbocycles. The van der Waals surface area contributed by atoms with E-state index >= 15 is 0 Å². The van der Waals surface area contributed by atoms with Crippen LogP contribution in [0.4, 0.5) is 0 Å². The van der Waals surface area contributed by atoms with Gasteiger partial charge >= 0.3 is 0 Å². The number of ether oxygens (including phenoxy) is 1. The second-order valence-corrected chi connectivity index (χ2v) is 3.27. The van der Waals surface area contributed by atoms with Crippen LogP contribution in [0, 0.1) is 0 Å². The van der Waals surface area contributed by atoms with Gasteiger partial charge in [-0.05, 0) is 13.3 Å². The monoisotopic (exact) mass is 200 g/mol. The van der Waals surface area contributed by atoms with E-state index in [-0.39, 0.29) is 0 Å². The summed E-state index contributed by atoms with van der Waals surface area (Å²) in [4.78, 5) is 6.50. The zero-order chi connectivity index (χ0) is 10.4. The average molecular weight is 200 g/mol. The molecular formula is C9H20N4O. The molecule has 5 nitrogen and oxygen atoms in total. The first kappa shape index (κ1) is 11.3. The molecule has 1 atom stereocenters. The number of hydrogen-bond acceptors (Lipinski definition) is 3.